The molecule has 0 bridgehead atoms. The Hall–Kier alpha value is -2.92. The topological polar surface area (TPSA) is 49.3 Å². The molecular formula is C22H21ClN4O. The number of halogens is 1. The number of carbonyl (C=O) groups excluding carboxylic acids is 1. The first-order valence-corrected chi connectivity index (χ1v) is 9.84. The lowest BCUT2D eigenvalue weighted by atomic mass is 10.0. The molecule has 1 fully saturated rings. The highest BCUT2D eigenvalue weighted by Crippen LogP contribution is 2.22. The highest BCUT2D eigenvalue weighted by Gasteiger charge is 2.23. The number of benzene rings is 2. The summed E-state index contributed by atoms with van der Waals surface area (Å²) in [6.45, 7) is 2.80. The number of anilines is 1. The van der Waals surface area contributed by atoms with Crippen LogP contribution in [-0.4, -0.2) is 47.0 Å². The van der Waals surface area contributed by atoms with Crippen molar-refractivity contribution in [2.45, 2.75) is 5.88 Å². The van der Waals surface area contributed by atoms with Crippen molar-refractivity contribution >= 4 is 23.5 Å². The molecule has 6 heteroatoms. The van der Waals surface area contributed by atoms with Crippen LogP contribution in [0, 0.1) is 0 Å². The lowest BCUT2D eigenvalue weighted by Crippen LogP contribution is -2.49. The summed E-state index contributed by atoms with van der Waals surface area (Å²) in [5, 5.41) is 0. The Kier molecular flexibility index (Phi) is 5.53. The van der Waals surface area contributed by atoms with Crippen LogP contribution in [0.5, 0.6) is 0 Å². The van der Waals surface area contributed by atoms with Gasteiger partial charge in [-0.25, -0.2) is 9.97 Å². The molecule has 28 heavy (non-hydrogen) atoms. The summed E-state index contributed by atoms with van der Waals surface area (Å²) in [7, 11) is 0. The van der Waals surface area contributed by atoms with E-state index in [-0.39, 0.29) is 5.91 Å². The summed E-state index contributed by atoms with van der Waals surface area (Å²) >= 11 is 5.85. The van der Waals surface area contributed by atoms with Crippen molar-refractivity contribution < 1.29 is 4.79 Å². The first-order valence-electron chi connectivity index (χ1n) is 9.31. The number of aromatic nitrogens is 2. The molecule has 1 aliphatic heterocycles. The number of carbonyl (C=O) groups is 1. The Morgan fingerprint density at radius 1 is 0.857 bits per heavy atom. The fourth-order valence-corrected chi connectivity index (χ4v) is 3.52. The average Bonchev–Trinajstić information content (AvgIpc) is 2.79. The maximum atomic E-state index is 12.8. The van der Waals surface area contributed by atoms with Crippen LogP contribution in [0.15, 0.2) is 67.0 Å². The minimum atomic E-state index is 0.0673. The SMILES string of the molecule is O=C(c1ccc(-c2ccc(CCl)cc2)cc1)N1CCN(c2ncccn2)CC1. The fourth-order valence-electron chi connectivity index (χ4n) is 3.34. The van der Waals surface area contributed by atoms with Gasteiger partial charge in [-0.15, -0.1) is 11.6 Å². The molecule has 0 atom stereocenters. The van der Waals surface area contributed by atoms with Crippen LogP contribution in [0.2, 0.25) is 0 Å². The van der Waals surface area contributed by atoms with Gasteiger partial charge in [-0.05, 0) is 34.9 Å². The zero-order valence-corrected chi connectivity index (χ0v) is 16.2. The Bertz CT molecular complexity index is 921. The molecule has 5 nitrogen and oxygen atoms in total. The molecule has 0 spiro atoms. The summed E-state index contributed by atoms with van der Waals surface area (Å²) in [6.07, 6.45) is 3.48. The number of piperazine rings is 1. The van der Waals surface area contributed by atoms with E-state index in [0.29, 0.717) is 24.5 Å². The van der Waals surface area contributed by atoms with E-state index in [2.05, 4.69) is 27.0 Å². The van der Waals surface area contributed by atoms with Crippen molar-refractivity contribution in [3.8, 4) is 11.1 Å². The summed E-state index contributed by atoms with van der Waals surface area (Å²) in [5.74, 6) is 1.30. The summed E-state index contributed by atoms with van der Waals surface area (Å²) in [6, 6.07) is 17.8. The zero-order valence-electron chi connectivity index (χ0n) is 15.5. The molecule has 0 aliphatic carbocycles. The molecule has 0 N–H and O–H groups in total. The van der Waals surface area contributed by atoms with Gasteiger partial charge in [-0.1, -0.05) is 36.4 Å². The van der Waals surface area contributed by atoms with Gasteiger partial charge in [0.1, 0.15) is 0 Å². The number of amides is 1. The van der Waals surface area contributed by atoms with Gasteiger partial charge >= 0.3 is 0 Å². The maximum absolute atomic E-state index is 12.8. The highest BCUT2D eigenvalue weighted by molar-refractivity contribution is 6.17. The van der Waals surface area contributed by atoms with Gasteiger partial charge in [-0.3, -0.25) is 4.79 Å². The third-order valence-corrected chi connectivity index (χ3v) is 5.28. The van der Waals surface area contributed by atoms with E-state index in [1.165, 1.54) is 0 Å². The molecule has 2 aromatic carbocycles. The van der Waals surface area contributed by atoms with Crippen molar-refractivity contribution in [1.29, 1.82) is 0 Å². The fraction of sp³-hybridized carbons (Fsp3) is 0.227. The Morgan fingerprint density at radius 2 is 1.43 bits per heavy atom. The van der Waals surface area contributed by atoms with E-state index < -0.39 is 0 Å². The second-order valence-electron chi connectivity index (χ2n) is 6.74. The van der Waals surface area contributed by atoms with E-state index in [1.54, 1.807) is 18.5 Å². The predicted molar refractivity (Wildman–Crippen MR) is 112 cm³/mol. The van der Waals surface area contributed by atoms with Gasteiger partial charge < -0.3 is 9.80 Å². The molecule has 0 radical (unpaired) electrons. The highest BCUT2D eigenvalue weighted by atomic mass is 35.5. The Labute approximate surface area is 169 Å². The monoisotopic (exact) mass is 392 g/mol. The molecule has 1 saturated heterocycles. The molecule has 2 heterocycles. The average molecular weight is 393 g/mol. The minimum absolute atomic E-state index is 0.0673. The smallest absolute Gasteiger partial charge is 0.253 e. The van der Waals surface area contributed by atoms with Crippen molar-refractivity contribution in [2.75, 3.05) is 31.1 Å². The first kappa shape index (κ1) is 18.4. The molecule has 0 unspecified atom stereocenters. The third kappa shape index (κ3) is 3.99. The van der Waals surface area contributed by atoms with Crippen LogP contribution in [0.3, 0.4) is 0 Å². The molecular weight excluding hydrogens is 372 g/mol. The van der Waals surface area contributed by atoms with Crippen LogP contribution >= 0.6 is 11.6 Å². The van der Waals surface area contributed by atoms with Gasteiger partial charge in [0, 0.05) is 50.0 Å². The van der Waals surface area contributed by atoms with Crippen molar-refractivity contribution in [2.24, 2.45) is 0 Å². The van der Waals surface area contributed by atoms with Gasteiger partial charge in [0.25, 0.3) is 5.91 Å². The number of hydrogen-bond acceptors (Lipinski definition) is 4. The normalized spacial score (nSPS) is 14.2. The third-order valence-electron chi connectivity index (χ3n) is 4.98. The quantitative estimate of drug-likeness (QED) is 0.633. The molecule has 1 aromatic heterocycles. The van der Waals surface area contributed by atoms with Crippen LogP contribution < -0.4 is 4.90 Å². The van der Waals surface area contributed by atoms with Gasteiger partial charge in [0.15, 0.2) is 0 Å². The first-order chi connectivity index (χ1) is 13.7. The van der Waals surface area contributed by atoms with Crippen LogP contribution in [0.4, 0.5) is 5.95 Å². The summed E-state index contributed by atoms with van der Waals surface area (Å²) < 4.78 is 0. The van der Waals surface area contributed by atoms with E-state index in [9.17, 15) is 4.79 Å². The predicted octanol–water partition coefficient (Wildman–Crippen LogP) is 3.84. The second kappa shape index (κ2) is 8.40. The van der Waals surface area contributed by atoms with Crippen molar-refractivity contribution in [1.82, 2.24) is 14.9 Å². The molecule has 142 valence electrons. The van der Waals surface area contributed by atoms with Crippen LogP contribution in [0.25, 0.3) is 11.1 Å². The summed E-state index contributed by atoms with van der Waals surface area (Å²) in [5.41, 5.74) is 4.01. The summed E-state index contributed by atoms with van der Waals surface area (Å²) in [4.78, 5) is 25.4. The molecule has 1 aliphatic rings. The van der Waals surface area contributed by atoms with E-state index in [4.69, 9.17) is 11.6 Å². The number of nitrogens with zero attached hydrogens (tertiary/aromatic N) is 4. The lowest BCUT2D eigenvalue weighted by Gasteiger charge is -2.34. The molecule has 1 amide bonds. The Morgan fingerprint density at radius 3 is 2.00 bits per heavy atom. The molecule has 4 rings (SSSR count). The molecule has 3 aromatic rings. The van der Waals surface area contributed by atoms with E-state index in [1.807, 2.05) is 41.3 Å². The lowest BCUT2D eigenvalue weighted by molar-refractivity contribution is 0.0746. The van der Waals surface area contributed by atoms with Gasteiger partial charge in [0.2, 0.25) is 5.95 Å². The number of rotatable bonds is 4. The standard InChI is InChI=1S/C22H21ClN4O/c23-16-17-2-4-18(5-3-17)19-6-8-20(9-7-19)21(28)26-12-14-27(15-13-26)22-24-10-1-11-25-22/h1-11H,12-16H2. The van der Waals surface area contributed by atoms with E-state index in [0.717, 1.165) is 35.7 Å². The second-order valence-corrected chi connectivity index (χ2v) is 7.00. The zero-order chi connectivity index (χ0) is 19.3. The van der Waals surface area contributed by atoms with E-state index >= 15 is 0 Å². The van der Waals surface area contributed by atoms with Crippen molar-refractivity contribution in [3.63, 3.8) is 0 Å². The number of alkyl halides is 1. The van der Waals surface area contributed by atoms with Gasteiger partial charge in [-0.2, -0.15) is 0 Å². The van der Waals surface area contributed by atoms with Crippen molar-refractivity contribution in [3.05, 3.63) is 78.1 Å². The Balaban J connectivity index is 1.40. The molecule has 0 saturated carbocycles. The van der Waals surface area contributed by atoms with Gasteiger partial charge in [0.05, 0.1) is 0 Å². The minimum Gasteiger partial charge on any atom is -0.337 e. The largest absolute Gasteiger partial charge is 0.337 e. The van der Waals surface area contributed by atoms with Crippen LogP contribution in [0.1, 0.15) is 15.9 Å². The number of hydrogen-bond donors (Lipinski definition) is 0. The maximum Gasteiger partial charge on any atom is 0.253 e. The van der Waals surface area contributed by atoms with Crippen LogP contribution in [-0.2, 0) is 5.88 Å².